The fourth-order valence-corrected chi connectivity index (χ4v) is 3.63. The Balaban J connectivity index is 2.02. The van der Waals surface area contributed by atoms with Gasteiger partial charge in [-0.3, -0.25) is 0 Å². The minimum absolute atomic E-state index is 0.00885. The van der Waals surface area contributed by atoms with Crippen LogP contribution in [-0.2, 0) is 12.8 Å². The Kier molecular flexibility index (Phi) is 6.72. The van der Waals surface area contributed by atoms with Crippen LogP contribution in [-0.4, -0.2) is 46.0 Å². The van der Waals surface area contributed by atoms with Gasteiger partial charge in [0.1, 0.15) is 0 Å². The third kappa shape index (κ3) is 4.61. The molecule has 130 valence electrons. The Bertz CT molecular complexity index is 504. The van der Waals surface area contributed by atoms with Gasteiger partial charge in [-0.05, 0) is 69.2 Å². The van der Waals surface area contributed by atoms with Gasteiger partial charge >= 0.3 is 0 Å². The lowest BCUT2D eigenvalue weighted by Crippen LogP contribution is -2.41. The van der Waals surface area contributed by atoms with Crippen LogP contribution < -0.4 is 0 Å². The zero-order valence-electron chi connectivity index (χ0n) is 14.5. The average molecular weight is 321 g/mol. The number of hydrogen-bond donors (Lipinski definition) is 3. The second kappa shape index (κ2) is 8.55. The molecular formula is C19H31NO3. The van der Waals surface area contributed by atoms with Crippen LogP contribution in [0.4, 0.5) is 0 Å². The molecule has 3 N–H and O–H groups in total. The monoisotopic (exact) mass is 321 g/mol. The van der Waals surface area contributed by atoms with E-state index in [4.69, 9.17) is 5.11 Å². The van der Waals surface area contributed by atoms with E-state index in [-0.39, 0.29) is 18.1 Å². The zero-order chi connectivity index (χ0) is 16.8. The number of benzene rings is 1. The molecule has 2 atom stereocenters. The fraction of sp³-hybridized carbons (Fsp3) is 0.684. The van der Waals surface area contributed by atoms with Crippen molar-refractivity contribution in [1.29, 1.82) is 0 Å². The second-order valence-corrected chi connectivity index (χ2v) is 6.91. The maximum absolute atomic E-state index is 10.0. The third-order valence-electron chi connectivity index (χ3n) is 5.10. The van der Waals surface area contributed by atoms with Crippen LogP contribution in [0.2, 0.25) is 0 Å². The summed E-state index contributed by atoms with van der Waals surface area (Å²) < 4.78 is 0. The average Bonchev–Trinajstić information content (AvgIpc) is 2.55. The number of rotatable bonds is 8. The highest BCUT2D eigenvalue weighted by atomic mass is 16.3. The summed E-state index contributed by atoms with van der Waals surface area (Å²) in [4.78, 5) is 2.57. The lowest BCUT2D eigenvalue weighted by molar-refractivity contribution is 0.162. The van der Waals surface area contributed by atoms with Crippen molar-refractivity contribution >= 4 is 0 Å². The number of fused-ring (bicyclic) bond motifs is 1. The van der Waals surface area contributed by atoms with E-state index in [0.717, 1.165) is 57.2 Å². The van der Waals surface area contributed by atoms with E-state index in [1.165, 1.54) is 5.56 Å². The van der Waals surface area contributed by atoms with Crippen LogP contribution in [0.1, 0.15) is 50.7 Å². The largest absolute Gasteiger partial charge is 0.504 e. The van der Waals surface area contributed by atoms with Crippen LogP contribution in [0.25, 0.3) is 0 Å². The van der Waals surface area contributed by atoms with Gasteiger partial charge in [0.25, 0.3) is 0 Å². The number of aliphatic hydroxyl groups excluding tert-OH is 1. The minimum atomic E-state index is -0.00885. The first-order valence-corrected chi connectivity index (χ1v) is 8.94. The molecule has 1 aliphatic carbocycles. The molecule has 0 saturated carbocycles. The predicted octanol–water partition coefficient (Wildman–Crippen LogP) is 3.08. The second-order valence-electron chi connectivity index (χ2n) is 6.91. The lowest BCUT2D eigenvalue weighted by Gasteiger charge is -2.36. The number of nitrogens with zero attached hydrogens (tertiary/aromatic N) is 1. The molecule has 0 heterocycles. The summed E-state index contributed by atoms with van der Waals surface area (Å²) in [5.41, 5.74) is 2.09. The summed E-state index contributed by atoms with van der Waals surface area (Å²) in [7, 11) is 0. The van der Waals surface area contributed by atoms with Gasteiger partial charge in [-0.15, -0.1) is 0 Å². The van der Waals surface area contributed by atoms with Gasteiger partial charge in [0, 0.05) is 18.2 Å². The highest BCUT2D eigenvalue weighted by Crippen LogP contribution is 2.36. The summed E-state index contributed by atoms with van der Waals surface area (Å²) in [6.45, 7) is 6.85. The SMILES string of the molecule is CCCN(CCC(C)CCO)C1CCc2c(ccc(O)c2O)C1. The molecule has 4 nitrogen and oxygen atoms in total. The molecular weight excluding hydrogens is 290 g/mol. The third-order valence-corrected chi connectivity index (χ3v) is 5.10. The minimum Gasteiger partial charge on any atom is -0.504 e. The molecule has 0 aromatic heterocycles. The van der Waals surface area contributed by atoms with E-state index in [0.29, 0.717) is 12.0 Å². The van der Waals surface area contributed by atoms with E-state index in [9.17, 15) is 10.2 Å². The molecule has 0 saturated heterocycles. The van der Waals surface area contributed by atoms with Gasteiger partial charge in [0.2, 0.25) is 0 Å². The standard InChI is InChI=1S/C19H31NO3/c1-3-10-20(11-8-14(2)9-12-21)16-5-6-17-15(13-16)4-7-18(22)19(17)23/h4,7,14,16,21-23H,3,5-6,8-13H2,1-2H3. The summed E-state index contributed by atoms with van der Waals surface area (Å²) in [5.74, 6) is 0.612. The number of phenolic OH excluding ortho intramolecular Hbond substituents is 2. The van der Waals surface area contributed by atoms with Crippen LogP contribution in [0.15, 0.2) is 12.1 Å². The quantitative estimate of drug-likeness (QED) is 0.644. The van der Waals surface area contributed by atoms with Gasteiger partial charge in [0.15, 0.2) is 11.5 Å². The molecule has 0 spiro atoms. The van der Waals surface area contributed by atoms with Crippen LogP contribution >= 0.6 is 0 Å². The summed E-state index contributed by atoms with van der Waals surface area (Å²) in [5, 5.41) is 28.7. The topological polar surface area (TPSA) is 63.9 Å². The Morgan fingerprint density at radius 3 is 2.70 bits per heavy atom. The summed E-state index contributed by atoms with van der Waals surface area (Å²) >= 11 is 0. The Labute approximate surface area is 139 Å². The highest BCUT2D eigenvalue weighted by molar-refractivity contribution is 5.50. The summed E-state index contributed by atoms with van der Waals surface area (Å²) in [6.07, 6.45) is 5.92. The number of hydrogen-bond acceptors (Lipinski definition) is 4. The summed E-state index contributed by atoms with van der Waals surface area (Å²) in [6, 6.07) is 4.06. The first-order valence-electron chi connectivity index (χ1n) is 8.94. The number of phenols is 2. The van der Waals surface area contributed by atoms with Crippen molar-refractivity contribution in [2.24, 2.45) is 5.92 Å². The molecule has 0 aliphatic heterocycles. The van der Waals surface area contributed by atoms with Crippen molar-refractivity contribution in [3.05, 3.63) is 23.3 Å². The Hall–Kier alpha value is -1.26. The number of aromatic hydroxyl groups is 2. The first-order chi connectivity index (χ1) is 11.1. The van der Waals surface area contributed by atoms with Crippen molar-refractivity contribution in [3.8, 4) is 11.5 Å². The normalized spacial score (nSPS) is 18.9. The van der Waals surface area contributed by atoms with E-state index in [1.54, 1.807) is 6.07 Å². The van der Waals surface area contributed by atoms with Gasteiger partial charge < -0.3 is 20.2 Å². The lowest BCUT2D eigenvalue weighted by atomic mass is 9.86. The molecule has 1 aromatic rings. The molecule has 1 aromatic carbocycles. The predicted molar refractivity (Wildman–Crippen MR) is 92.9 cm³/mol. The van der Waals surface area contributed by atoms with Crippen molar-refractivity contribution in [3.63, 3.8) is 0 Å². The van der Waals surface area contributed by atoms with Crippen LogP contribution in [0.5, 0.6) is 11.5 Å². The van der Waals surface area contributed by atoms with E-state index < -0.39 is 0 Å². The van der Waals surface area contributed by atoms with Gasteiger partial charge in [-0.25, -0.2) is 0 Å². The molecule has 0 bridgehead atoms. The number of aliphatic hydroxyl groups is 1. The van der Waals surface area contributed by atoms with E-state index in [2.05, 4.69) is 18.7 Å². The van der Waals surface area contributed by atoms with Gasteiger partial charge in [-0.1, -0.05) is 19.9 Å². The van der Waals surface area contributed by atoms with Crippen molar-refractivity contribution in [2.45, 2.75) is 58.4 Å². The molecule has 2 rings (SSSR count). The van der Waals surface area contributed by atoms with Crippen molar-refractivity contribution in [2.75, 3.05) is 19.7 Å². The Morgan fingerprint density at radius 1 is 1.22 bits per heavy atom. The fourth-order valence-electron chi connectivity index (χ4n) is 3.63. The molecule has 23 heavy (non-hydrogen) atoms. The zero-order valence-corrected chi connectivity index (χ0v) is 14.5. The van der Waals surface area contributed by atoms with Crippen LogP contribution in [0.3, 0.4) is 0 Å². The molecule has 0 amide bonds. The van der Waals surface area contributed by atoms with E-state index >= 15 is 0 Å². The molecule has 0 radical (unpaired) electrons. The molecule has 4 heteroatoms. The molecule has 0 fully saturated rings. The highest BCUT2D eigenvalue weighted by Gasteiger charge is 2.26. The first kappa shape index (κ1) is 18.1. The Morgan fingerprint density at radius 2 is 2.00 bits per heavy atom. The van der Waals surface area contributed by atoms with Crippen molar-refractivity contribution in [1.82, 2.24) is 4.90 Å². The maximum Gasteiger partial charge on any atom is 0.160 e. The van der Waals surface area contributed by atoms with Crippen LogP contribution in [0, 0.1) is 5.92 Å². The van der Waals surface area contributed by atoms with Gasteiger partial charge in [-0.2, -0.15) is 0 Å². The maximum atomic E-state index is 10.0. The van der Waals surface area contributed by atoms with Crippen molar-refractivity contribution < 1.29 is 15.3 Å². The van der Waals surface area contributed by atoms with Gasteiger partial charge in [0.05, 0.1) is 0 Å². The van der Waals surface area contributed by atoms with E-state index in [1.807, 2.05) is 6.07 Å². The smallest absolute Gasteiger partial charge is 0.160 e. The molecule has 1 aliphatic rings. The molecule has 2 unspecified atom stereocenters.